The molecule has 2 heterocycles. The second kappa shape index (κ2) is 6.93. The summed E-state index contributed by atoms with van der Waals surface area (Å²) in [7, 11) is 0. The highest BCUT2D eigenvalue weighted by Gasteiger charge is 2.22. The summed E-state index contributed by atoms with van der Waals surface area (Å²) in [6, 6.07) is 9.99. The number of fused-ring (bicyclic) bond motifs is 1. The van der Waals surface area contributed by atoms with E-state index in [2.05, 4.69) is 5.32 Å². The van der Waals surface area contributed by atoms with Crippen molar-refractivity contribution in [3.8, 4) is 5.75 Å². The highest BCUT2D eigenvalue weighted by molar-refractivity contribution is 6.30. The number of aromatic hydroxyl groups is 1. The summed E-state index contributed by atoms with van der Waals surface area (Å²) < 4.78 is 2.70. The maximum Gasteiger partial charge on any atom is 0.322 e. The van der Waals surface area contributed by atoms with E-state index in [9.17, 15) is 19.5 Å². The summed E-state index contributed by atoms with van der Waals surface area (Å²) >= 11 is 5.86. The summed E-state index contributed by atoms with van der Waals surface area (Å²) in [5, 5.41) is 21.6. The van der Waals surface area contributed by atoms with Gasteiger partial charge >= 0.3 is 5.97 Å². The Hall–Kier alpha value is -3.26. The van der Waals surface area contributed by atoms with Gasteiger partial charge in [-0.25, -0.2) is 4.68 Å². The van der Waals surface area contributed by atoms with Crippen LogP contribution in [0.3, 0.4) is 0 Å². The predicted molar refractivity (Wildman–Crippen MR) is 93.8 cm³/mol. The van der Waals surface area contributed by atoms with Crippen LogP contribution in [0.25, 0.3) is 5.52 Å². The van der Waals surface area contributed by atoms with Crippen molar-refractivity contribution in [1.82, 2.24) is 14.5 Å². The molecule has 0 aliphatic rings. The van der Waals surface area contributed by atoms with Gasteiger partial charge in [0.2, 0.25) is 0 Å². The highest BCUT2D eigenvalue weighted by Crippen LogP contribution is 2.22. The molecule has 1 aromatic carbocycles. The lowest BCUT2D eigenvalue weighted by Gasteiger charge is -2.14. The molecule has 0 saturated carbocycles. The zero-order valence-electron chi connectivity index (χ0n) is 13.3. The number of amides is 1. The van der Waals surface area contributed by atoms with Crippen LogP contribution >= 0.6 is 11.6 Å². The number of carboxylic acid groups (broad SMARTS) is 1. The number of carbonyl (C=O) groups is 2. The number of benzene rings is 1. The number of hydrogen-bond donors (Lipinski definition) is 3. The first-order valence-corrected chi connectivity index (χ1v) is 7.94. The standard InChI is InChI=1S/C17H14ClN3O5/c18-11-5-3-10(4-6-11)9-21-17(26)14(16(25)19-8-13(22)23)15(24)12-2-1-7-20(12)21/h1-7,24H,8-9H2,(H,19,25)(H,22,23). The van der Waals surface area contributed by atoms with E-state index in [0.29, 0.717) is 5.02 Å². The van der Waals surface area contributed by atoms with E-state index < -0.39 is 35.3 Å². The summed E-state index contributed by atoms with van der Waals surface area (Å²) in [6.45, 7) is -0.540. The SMILES string of the molecule is O=C(O)CNC(=O)c1c(O)c2cccn2n(Cc2ccc(Cl)cc2)c1=O. The Balaban J connectivity index is 2.11. The van der Waals surface area contributed by atoms with E-state index in [1.54, 1.807) is 42.6 Å². The third-order valence-electron chi connectivity index (χ3n) is 3.79. The lowest BCUT2D eigenvalue weighted by atomic mass is 10.2. The van der Waals surface area contributed by atoms with Crippen LogP contribution in [-0.2, 0) is 11.3 Å². The molecular weight excluding hydrogens is 362 g/mol. The van der Waals surface area contributed by atoms with Gasteiger partial charge in [0.15, 0.2) is 5.75 Å². The molecule has 2 aromatic heterocycles. The first kappa shape index (κ1) is 17.6. The first-order chi connectivity index (χ1) is 12.4. The van der Waals surface area contributed by atoms with Crippen LogP contribution in [0, 0.1) is 0 Å². The Bertz CT molecular complexity index is 1050. The fourth-order valence-electron chi connectivity index (χ4n) is 2.59. The minimum Gasteiger partial charge on any atom is -0.505 e. The number of aliphatic carboxylic acids is 1. The molecule has 0 unspecified atom stereocenters. The van der Waals surface area contributed by atoms with Gasteiger partial charge in [-0.1, -0.05) is 23.7 Å². The van der Waals surface area contributed by atoms with Crippen molar-refractivity contribution in [2.75, 3.05) is 6.54 Å². The molecule has 0 atom stereocenters. The molecule has 0 aliphatic heterocycles. The van der Waals surface area contributed by atoms with Crippen molar-refractivity contribution in [1.29, 1.82) is 0 Å². The van der Waals surface area contributed by atoms with Gasteiger partial charge < -0.3 is 15.5 Å². The molecular formula is C17H14ClN3O5. The maximum absolute atomic E-state index is 12.8. The van der Waals surface area contributed by atoms with Crippen molar-refractivity contribution in [2.24, 2.45) is 0 Å². The number of halogens is 1. The zero-order chi connectivity index (χ0) is 18.8. The van der Waals surface area contributed by atoms with Gasteiger partial charge in [-0.3, -0.25) is 18.9 Å². The van der Waals surface area contributed by atoms with Crippen LogP contribution in [0.2, 0.25) is 5.02 Å². The second-order valence-corrected chi connectivity index (χ2v) is 5.96. The van der Waals surface area contributed by atoms with E-state index in [1.165, 1.54) is 9.20 Å². The van der Waals surface area contributed by atoms with Crippen LogP contribution in [0.4, 0.5) is 0 Å². The molecule has 0 spiro atoms. The summed E-state index contributed by atoms with van der Waals surface area (Å²) in [6.07, 6.45) is 1.57. The number of nitrogens with one attached hydrogen (secondary N) is 1. The highest BCUT2D eigenvalue weighted by atomic mass is 35.5. The van der Waals surface area contributed by atoms with Crippen molar-refractivity contribution >= 4 is 29.0 Å². The monoisotopic (exact) mass is 375 g/mol. The van der Waals surface area contributed by atoms with Crippen LogP contribution in [0.5, 0.6) is 5.75 Å². The molecule has 9 heteroatoms. The topological polar surface area (TPSA) is 113 Å². The number of hydrogen-bond acceptors (Lipinski definition) is 4. The molecule has 0 saturated heterocycles. The predicted octanol–water partition coefficient (Wildman–Crippen LogP) is 1.32. The first-order valence-electron chi connectivity index (χ1n) is 7.56. The summed E-state index contributed by atoms with van der Waals surface area (Å²) in [4.78, 5) is 35.7. The van der Waals surface area contributed by atoms with Gasteiger partial charge in [-0.2, -0.15) is 0 Å². The lowest BCUT2D eigenvalue weighted by molar-refractivity contribution is -0.135. The Morgan fingerprint density at radius 3 is 2.50 bits per heavy atom. The summed E-state index contributed by atoms with van der Waals surface area (Å²) in [5.74, 6) is -2.72. The second-order valence-electron chi connectivity index (χ2n) is 5.53. The molecule has 26 heavy (non-hydrogen) atoms. The van der Waals surface area contributed by atoms with Crippen molar-refractivity contribution < 1.29 is 19.8 Å². The summed E-state index contributed by atoms with van der Waals surface area (Å²) in [5.41, 5.74) is -0.247. The third kappa shape index (κ3) is 3.27. The van der Waals surface area contributed by atoms with Crippen LogP contribution in [0.15, 0.2) is 47.4 Å². The Morgan fingerprint density at radius 1 is 1.15 bits per heavy atom. The number of nitrogens with zero attached hydrogens (tertiary/aromatic N) is 2. The van der Waals surface area contributed by atoms with Gasteiger partial charge in [0.05, 0.1) is 6.54 Å². The molecule has 3 rings (SSSR count). The van der Waals surface area contributed by atoms with E-state index in [4.69, 9.17) is 16.7 Å². The molecule has 3 N–H and O–H groups in total. The number of carbonyl (C=O) groups excluding carboxylic acids is 1. The number of aromatic nitrogens is 2. The quantitative estimate of drug-likeness (QED) is 0.622. The fraction of sp³-hybridized carbons (Fsp3) is 0.118. The van der Waals surface area contributed by atoms with Crippen molar-refractivity contribution in [3.05, 3.63) is 69.1 Å². The van der Waals surface area contributed by atoms with E-state index in [-0.39, 0.29) is 12.1 Å². The van der Waals surface area contributed by atoms with Gasteiger partial charge in [0, 0.05) is 11.2 Å². The molecule has 0 bridgehead atoms. The molecule has 8 nitrogen and oxygen atoms in total. The van der Waals surface area contributed by atoms with E-state index in [1.807, 2.05) is 0 Å². The van der Waals surface area contributed by atoms with E-state index >= 15 is 0 Å². The van der Waals surface area contributed by atoms with Crippen LogP contribution in [-0.4, -0.2) is 37.8 Å². The largest absolute Gasteiger partial charge is 0.505 e. The Labute approximate surface area is 151 Å². The molecule has 0 radical (unpaired) electrons. The minimum atomic E-state index is -1.26. The van der Waals surface area contributed by atoms with Crippen molar-refractivity contribution in [3.63, 3.8) is 0 Å². The number of carboxylic acids is 1. The van der Waals surface area contributed by atoms with Crippen LogP contribution < -0.4 is 10.9 Å². The third-order valence-corrected chi connectivity index (χ3v) is 4.04. The molecule has 0 fully saturated rings. The lowest BCUT2D eigenvalue weighted by Crippen LogP contribution is -2.37. The van der Waals surface area contributed by atoms with Gasteiger partial charge in [-0.15, -0.1) is 0 Å². The molecule has 134 valence electrons. The molecule has 3 aromatic rings. The smallest absolute Gasteiger partial charge is 0.322 e. The van der Waals surface area contributed by atoms with E-state index in [0.717, 1.165) is 5.56 Å². The molecule has 0 aliphatic carbocycles. The van der Waals surface area contributed by atoms with Crippen molar-refractivity contribution in [2.45, 2.75) is 6.54 Å². The molecule has 1 amide bonds. The maximum atomic E-state index is 12.8. The average molecular weight is 376 g/mol. The Morgan fingerprint density at radius 2 is 1.85 bits per heavy atom. The van der Waals surface area contributed by atoms with Gasteiger partial charge in [-0.05, 0) is 29.8 Å². The zero-order valence-corrected chi connectivity index (χ0v) is 14.1. The minimum absolute atomic E-state index is 0.126. The Kier molecular flexibility index (Phi) is 4.68. The fourth-order valence-corrected chi connectivity index (χ4v) is 2.71. The number of rotatable bonds is 5. The van der Waals surface area contributed by atoms with Crippen LogP contribution in [0.1, 0.15) is 15.9 Å². The van der Waals surface area contributed by atoms with Gasteiger partial charge in [0.25, 0.3) is 11.5 Å². The average Bonchev–Trinajstić information content (AvgIpc) is 3.08. The normalized spacial score (nSPS) is 10.8. The van der Waals surface area contributed by atoms with Gasteiger partial charge in [0.1, 0.15) is 17.6 Å².